The first-order valence-electron chi connectivity index (χ1n) is 10.5. The van der Waals surface area contributed by atoms with Crippen LogP contribution in [0.2, 0.25) is 0 Å². The number of benzene rings is 2. The third kappa shape index (κ3) is 5.98. The second kappa shape index (κ2) is 10.5. The lowest BCUT2D eigenvalue weighted by Crippen LogP contribution is -2.03. The Bertz CT molecular complexity index is 1120. The number of carbonyl (C=O) groups is 1. The second-order valence-corrected chi connectivity index (χ2v) is 7.54. The fraction of sp³-hybridized carbons (Fsp3) is 0.222. The summed E-state index contributed by atoms with van der Waals surface area (Å²) in [6.45, 7) is 9.34. The number of aryl methyl sites for hydroxylation is 1. The van der Waals surface area contributed by atoms with E-state index in [1.165, 1.54) is 5.56 Å². The number of hydrogen-bond donors (Lipinski definition) is 1. The SMILES string of the molecule is C=C(/C=C\C(=C/C)Cn1c(C)cc2c(CC(=O)O)cccc21)OCCc1ccccc1. The molecule has 0 fully saturated rings. The highest BCUT2D eigenvalue weighted by Crippen LogP contribution is 2.25. The smallest absolute Gasteiger partial charge is 0.307 e. The molecule has 1 N–H and O–H groups in total. The van der Waals surface area contributed by atoms with Crippen LogP contribution >= 0.6 is 0 Å². The summed E-state index contributed by atoms with van der Waals surface area (Å²) < 4.78 is 7.96. The molecule has 0 spiro atoms. The van der Waals surface area contributed by atoms with E-state index in [2.05, 4.69) is 35.4 Å². The third-order valence-corrected chi connectivity index (χ3v) is 5.30. The number of carboxylic acid groups (broad SMARTS) is 1. The molecule has 0 amide bonds. The molecular formula is C27H29NO3. The molecule has 0 aliphatic carbocycles. The summed E-state index contributed by atoms with van der Waals surface area (Å²) in [7, 11) is 0. The zero-order chi connectivity index (χ0) is 22.2. The van der Waals surface area contributed by atoms with Crippen molar-refractivity contribution in [3.63, 3.8) is 0 Å². The minimum absolute atomic E-state index is 0.0251. The van der Waals surface area contributed by atoms with Crippen LogP contribution in [-0.2, 0) is 28.9 Å². The van der Waals surface area contributed by atoms with Crippen molar-refractivity contribution in [1.29, 1.82) is 0 Å². The Morgan fingerprint density at radius 3 is 2.61 bits per heavy atom. The first kappa shape index (κ1) is 22.2. The zero-order valence-corrected chi connectivity index (χ0v) is 18.2. The first-order valence-corrected chi connectivity index (χ1v) is 10.5. The number of nitrogens with zero attached hydrogens (tertiary/aromatic N) is 1. The molecule has 0 aliphatic heterocycles. The van der Waals surface area contributed by atoms with Gasteiger partial charge in [-0.2, -0.15) is 0 Å². The average Bonchev–Trinajstić information content (AvgIpc) is 3.07. The van der Waals surface area contributed by atoms with E-state index in [1.807, 2.05) is 62.4 Å². The quantitative estimate of drug-likeness (QED) is 0.334. The topological polar surface area (TPSA) is 51.5 Å². The Balaban J connectivity index is 1.65. The van der Waals surface area contributed by atoms with Crippen molar-refractivity contribution in [3.05, 3.63) is 108 Å². The lowest BCUT2D eigenvalue weighted by atomic mass is 10.1. The molecule has 1 aromatic heterocycles. The van der Waals surface area contributed by atoms with Gasteiger partial charge in [-0.15, -0.1) is 0 Å². The van der Waals surface area contributed by atoms with Crippen molar-refractivity contribution in [3.8, 4) is 0 Å². The van der Waals surface area contributed by atoms with Crippen LogP contribution in [-0.4, -0.2) is 22.2 Å². The molecule has 3 rings (SSSR count). The van der Waals surface area contributed by atoms with Gasteiger partial charge < -0.3 is 14.4 Å². The van der Waals surface area contributed by atoms with Crippen LogP contribution in [0, 0.1) is 6.92 Å². The summed E-state index contributed by atoms with van der Waals surface area (Å²) in [5.41, 5.74) is 5.34. The minimum atomic E-state index is -0.819. The minimum Gasteiger partial charge on any atom is -0.494 e. The van der Waals surface area contributed by atoms with Gasteiger partial charge >= 0.3 is 5.97 Å². The number of hydrogen-bond acceptors (Lipinski definition) is 2. The average molecular weight is 416 g/mol. The van der Waals surface area contributed by atoms with E-state index < -0.39 is 5.97 Å². The molecule has 0 unspecified atom stereocenters. The van der Waals surface area contributed by atoms with E-state index in [-0.39, 0.29) is 6.42 Å². The summed E-state index contributed by atoms with van der Waals surface area (Å²) in [6.07, 6.45) is 6.86. The lowest BCUT2D eigenvalue weighted by molar-refractivity contribution is -0.136. The van der Waals surface area contributed by atoms with Crippen LogP contribution in [0.1, 0.15) is 23.7 Å². The van der Waals surface area contributed by atoms with Gasteiger partial charge in [-0.3, -0.25) is 4.79 Å². The molecule has 31 heavy (non-hydrogen) atoms. The number of allylic oxidation sites excluding steroid dienone is 4. The van der Waals surface area contributed by atoms with Crippen LogP contribution in [0.4, 0.5) is 0 Å². The summed E-state index contributed by atoms with van der Waals surface area (Å²) in [5.74, 6) is -0.186. The molecule has 160 valence electrons. The van der Waals surface area contributed by atoms with Gasteiger partial charge in [-0.1, -0.05) is 61.2 Å². The van der Waals surface area contributed by atoms with Crippen molar-refractivity contribution in [2.45, 2.75) is 33.2 Å². The van der Waals surface area contributed by atoms with E-state index in [4.69, 9.17) is 4.74 Å². The molecule has 0 bridgehead atoms. The number of ether oxygens (including phenoxy) is 1. The van der Waals surface area contributed by atoms with Gasteiger partial charge in [0.2, 0.25) is 0 Å². The van der Waals surface area contributed by atoms with Crippen LogP contribution in [0.5, 0.6) is 0 Å². The van der Waals surface area contributed by atoms with Crippen LogP contribution in [0.25, 0.3) is 10.9 Å². The normalized spacial score (nSPS) is 11.9. The van der Waals surface area contributed by atoms with Crippen molar-refractivity contribution in [2.75, 3.05) is 6.61 Å². The second-order valence-electron chi connectivity index (χ2n) is 7.54. The van der Waals surface area contributed by atoms with Crippen LogP contribution < -0.4 is 0 Å². The predicted octanol–water partition coefficient (Wildman–Crippen LogP) is 5.85. The number of fused-ring (bicyclic) bond motifs is 1. The van der Waals surface area contributed by atoms with Gasteiger partial charge in [0.15, 0.2) is 0 Å². The standard InChI is InChI=1S/C27H29NO3/c1-4-22(14-13-21(3)31-16-15-23-9-6-5-7-10-23)19-28-20(2)17-25-24(18-27(29)30)11-8-12-26(25)28/h4-14,17H,3,15-16,18-19H2,1-2H3,(H,29,30)/b14-13-,22-4+. The zero-order valence-electron chi connectivity index (χ0n) is 18.2. The molecule has 0 radical (unpaired) electrons. The van der Waals surface area contributed by atoms with Crippen molar-refractivity contribution < 1.29 is 14.6 Å². The molecule has 0 aliphatic rings. The fourth-order valence-electron chi connectivity index (χ4n) is 3.62. The molecule has 0 saturated carbocycles. The highest BCUT2D eigenvalue weighted by atomic mass is 16.5. The van der Waals surface area contributed by atoms with E-state index in [9.17, 15) is 9.90 Å². The van der Waals surface area contributed by atoms with Gasteiger partial charge in [0, 0.05) is 29.6 Å². The number of carboxylic acids is 1. The Labute approximate surface area is 183 Å². The molecule has 3 aromatic rings. The Kier molecular flexibility index (Phi) is 7.50. The van der Waals surface area contributed by atoms with Gasteiger partial charge in [0.25, 0.3) is 0 Å². The van der Waals surface area contributed by atoms with Crippen molar-refractivity contribution in [1.82, 2.24) is 4.57 Å². The highest BCUT2D eigenvalue weighted by Gasteiger charge is 2.11. The first-order chi connectivity index (χ1) is 15.0. The summed E-state index contributed by atoms with van der Waals surface area (Å²) in [6, 6.07) is 18.1. The molecule has 0 saturated heterocycles. The third-order valence-electron chi connectivity index (χ3n) is 5.30. The molecule has 1 heterocycles. The van der Waals surface area contributed by atoms with E-state index in [1.54, 1.807) is 0 Å². The van der Waals surface area contributed by atoms with Crippen LogP contribution in [0.3, 0.4) is 0 Å². The molecule has 0 atom stereocenters. The van der Waals surface area contributed by atoms with E-state index >= 15 is 0 Å². The Morgan fingerprint density at radius 2 is 1.90 bits per heavy atom. The maximum absolute atomic E-state index is 11.2. The molecular weight excluding hydrogens is 386 g/mol. The van der Waals surface area contributed by atoms with E-state index in [0.29, 0.717) is 18.9 Å². The van der Waals surface area contributed by atoms with Crippen LogP contribution in [0.15, 0.2) is 90.7 Å². The Hall–Kier alpha value is -3.53. The molecule has 2 aromatic carbocycles. The predicted molar refractivity (Wildman–Crippen MR) is 126 cm³/mol. The van der Waals surface area contributed by atoms with E-state index in [0.717, 1.165) is 34.2 Å². The summed E-state index contributed by atoms with van der Waals surface area (Å²) >= 11 is 0. The number of aliphatic carboxylic acids is 1. The lowest BCUT2D eigenvalue weighted by Gasteiger charge is -2.10. The number of aromatic nitrogens is 1. The van der Waals surface area contributed by atoms with Gasteiger partial charge in [-0.05, 0) is 48.8 Å². The van der Waals surface area contributed by atoms with Crippen molar-refractivity contribution >= 4 is 16.9 Å². The van der Waals surface area contributed by atoms with Gasteiger partial charge in [0.1, 0.15) is 5.76 Å². The highest BCUT2D eigenvalue weighted by molar-refractivity contribution is 5.88. The summed E-state index contributed by atoms with van der Waals surface area (Å²) in [4.78, 5) is 11.2. The maximum Gasteiger partial charge on any atom is 0.307 e. The Morgan fingerprint density at radius 1 is 1.13 bits per heavy atom. The molecule has 4 heteroatoms. The summed E-state index contributed by atoms with van der Waals surface area (Å²) in [5, 5.41) is 10.2. The largest absolute Gasteiger partial charge is 0.494 e. The maximum atomic E-state index is 11.2. The van der Waals surface area contributed by atoms with Crippen molar-refractivity contribution in [2.24, 2.45) is 0 Å². The number of rotatable bonds is 10. The van der Waals surface area contributed by atoms with Gasteiger partial charge in [-0.25, -0.2) is 0 Å². The molecule has 4 nitrogen and oxygen atoms in total. The van der Waals surface area contributed by atoms with Gasteiger partial charge in [0.05, 0.1) is 13.0 Å². The fourth-order valence-corrected chi connectivity index (χ4v) is 3.62. The monoisotopic (exact) mass is 415 g/mol.